The third kappa shape index (κ3) is 2.88. The van der Waals surface area contributed by atoms with Gasteiger partial charge in [-0.3, -0.25) is 0 Å². The van der Waals surface area contributed by atoms with Crippen molar-refractivity contribution >= 4 is 0 Å². The van der Waals surface area contributed by atoms with Crippen molar-refractivity contribution in [3.8, 4) is 11.5 Å². The average molecular weight is 283 g/mol. The molecule has 3 rings (SSSR count). The molecule has 2 aromatic carbocycles. The molecule has 0 saturated heterocycles. The molecule has 0 aliphatic carbocycles. The molecule has 0 radical (unpaired) electrons. The van der Waals surface area contributed by atoms with Crippen LogP contribution < -0.4 is 15.2 Å². The summed E-state index contributed by atoms with van der Waals surface area (Å²) in [4.78, 5) is 0. The Kier molecular flexibility index (Phi) is 4.11. The summed E-state index contributed by atoms with van der Waals surface area (Å²) in [6, 6.07) is 16.3. The summed E-state index contributed by atoms with van der Waals surface area (Å²) in [5.74, 6) is 2.16. The lowest BCUT2D eigenvalue weighted by Gasteiger charge is -2.30. The van der Waals surface area contributed by atoms with E-state index in [0.29, 0.717) is 12.5 Å². The second kappa shape index (κ2) is 6.19. The molecule has 1 aliphatic heterocycles. The van der Waals surface area contributed by atoms with Gasteiger partial charge < -0.3 is 15.2 Å². The number of nitrogens with two attached hydrogens (primary N) is 1. The summed E-state index contributed by atoms with van der Waals surface area (Å²) < 4.78 is 11.2. The molecular formula is C18H21NO2. The first-order valence-electron chi connectivity index (χ1n) is 7.49. The predicted octanol–water partition coefficient (Wildman–Crippen LogP) is 3.65. The Morgan fingerprint density at radius 2 is 1.95 bits per heavy atom. The van der Waals surface area contributed by atoms with Crippen molar-refractivity contribution in [2.45, 2.75) is 25.3 Å². The van der Waals surface area contributed by atoms with E-state index in [9.17, 15) is 0 Å². The van der Waals surface area contributed by atoms with Crippen LogP contribution in [0.5, 0.6) is 11.5 Å². The normalized spacial score (nSPS) is 18.5. The highest BCUT2D eigenvalue weighted by molar-refractivity contribution is 5.40. The summed E-state index contributed by atoms with van der Waals surface area (Å²) in [6.45, 7) is 3.39. The van der Waals surface area contributed by atoms with E-state index in [0.717, 1.165) is 30.1 Å². The number of benzene rings is 2. The maximum atomic E-state index is 6.51. The van der Waals surface area contributed by atoms with Gasteiger partial charge in [0.1, 0.15) is 11.5 Å². The quantitative estimate of drug-likeness (QED) is 0.931. The number of hydrogen-bond acceptors (Lipinski definition) is 3. The number of ether oxygens (including phenoxy) is 2. The van der Waals surface area contributed by atoms with Gasteiger partial charge in [-0.1, -0.05) is 30.3 Å². The Morgan fingerprint density at radius 1 is 1.19 bits per heavy atom. The zero-order chi connectivity index (χ0) is 14.7. The molecular weight excluding hydrogens is 262 g/mol. The molecule has 1 aliphatic rings. The van der Waals surface area contributed by atoms with Crippen LogP contribution in [0, 0.1) is 0 Å². The van der Waals surface area contributed by atoms with Crippen molar-refractivity contribution in [2.75, 3.05) is 13.2 Å². The first-order valence-corrected chi connectivity index (χ1v) is 7.49. The second-order valence-electron chi connectivity index (χ2n) is 5.31. The third-order valence-corrected chi connectivity index (χ3v) is 4.01. The highest BCUT2D eigenvalue weighted by Gasteiger charge is 2.27. The minimum Gasteiger partial charge on any atom is -0.494 e. The van der Waals surface area contributed by atoms with Crippen LogP contribution in [0.15, 0.2) is 48.5 Å². The van der Waals surface area contributed by atoms with E-state index < -0.39 is 0 Å². The van der Waals surface area contributed by atoms with E-state index in [1.54, 1.807) is 0 Å². The van der Waals surface area contributed by atoms with Crippen LogP contribution in [0.2, 0.25) is 0 Å². The lowest BCUT2D eigenvalue weighted by atomic mass is 9.84. The van der Waals surface area contributed by atoms with Gasteiger partial charge in [-0.2, -0.15) is 0 Å². The highest BCUT2D eigenvalue weighted by atomic mass is 16.5. The van der Waals surface area contributed by atoms with Crippen LogP contribution in [0.25, 0.3) is 0 Å². The SMILES string of the molecule is CCOc1ccc(C(N)C2CCOc3ccccc32)cc1. The molecule has 2 atom stereocenters. The van der Waals surface area contributed by atoms with Gasteiger partial charge >= 0.3 is 0 Å². The number of fused-ring (bicyclic) bond motifs is 1. The third-order valence-electron chi connectivity index (χ3n) is 4.01. The van der Waals surface area contributed by atoms with E-state index >= 15 is 0 Å². The molecule has 0 saturated carbocycles. The Morgan fingerprint density at radius 3 is 2.71 bits per heavy atom. The summed E-state index contributed by atoms with van der Waals surface area (Å²) in [6.07, 6.45) is 0.950. The standard InChI is InChI=1S/C18H21NO2/c1-2-20-14-9-7-13(8-10-14)18(19)16-11-12-21-17-6-4-3-5-15(16)17/h3-10,16,18H,2,11-12,19H2,1H3. The Labute approximate surface area is 125 Å². The van der Waals surface area contributed by atoms with Crippen LogP contribution >= 0.6 is 0 Å². The van der Waals surface area contributed by atoms with Crippen molar-refractivity contribution in [3.63, 3.8) is 0 Å². The highest BCUT2D eigenvalue weighted by Crippen LogP contribution is 2.40. The second-order valence-corrected chi connectivity index (χ2v) is 5.31. The van der Waals surface area contributed by atoms with Gasteiger partial charge in [-0.25, -0.2) is 0 Å². The maximum Gasteiger partial charge on any atom is 0.122 e. The zero-order valence-corrected chi connectivity index (χ0v) is 12.3. The molecule has 1 heterocycles. The summed E-state index contributed by atoms with van der Waals surface area (Å²) >= 11 is 0. The first kappa shape index (κ1) is 14.0. The molecule has 0 fully saturated rings. The maximum absolute atomic E-state index is 6.51. The lowest BCUT2D eigenvalue weighted by Crippen LogP contribution is -2.25. The number of rotatable bonds is 4. The number of para-hydroxylation sites is 1. The van der Waals surface area contributed by atoms with Crippen LogP contribution in [0.1, 0.15) is 36.4 Å². The topological polar surface area (TPSA) is 44.5 Å². The molecule has 2 unspecified atom stereocenters. The first-order chi connectivity index (χ1) is 10.3. The van der Waals surface area contributed by atoms with Crippen LogP contribution in [0.4, 0.5) is 0 Å². The molecule has 2 aromatic rings. The van der Waals surface area contributed by atoms with E-state index in [1.807, 2.05) is 37.3 Å². The van der Waals surface area contributed by atoms with Crippen molar-refractivity contribution in [1.82, 2.24) is 0 Å². The van der Waals surface area contributed by atoms with E-state index in [1.165, 1.54) is 5.56 Å². The molecule has 0 spiro atoms. The Balaban J connectivity index is 1.84. The Hall–Kier alpha value is -2.00. The summed E-state index contributed by atoms with van der Waals surface area (Å²) in [5.41, 5.74) is 8.86. The molecule has 0 aromatic heterocycles. The zero-order valence-electron chi connectivity index (χ0n) is 12.3. The molecule has 0 bridgehead atoms. The molecule has 2 N–H and O–H groups in total. The number of hydrogen-bond donors (Lipinski definition) is 1. The van der Waals surface area contributed by atoms with Crippen molar-refractivity contribution in [3.05, 3.63) is 59.7 Å². The smallest absolute Gasteiger partial charge is 0.122 e. The lowest BCUT2D eigenvalue weighted by molar-refractivity contribution is 0.255. The monoisotopic (exact) mass is 283 g/mol. The molecule has 3 nitrogen and oxygen atoms in total. The molecule has 3 heteroatoms. The van der Waals surface area contributed by atoms with Gasteiger partial charge in [0.2, 0.25) is 0 Å². The van der Waals surface area contributed by atoms with E-state index in [2.05, 4.69) is 18.2 Å². The van der Waals surface area contributed by atoms with Crippen LogP contribution in [-0.2, 0) is 0 Å². The van der Waals surface area contributed by atoms with Gasteiger partial charge in [0.15, 0.2) is 0 Å². The molecule has 21 heavy (non-hydrogen) atoms. The van der Waals surface area contributed by atoms with Gasteiger partial charge in [0, 0.05) is 12.0 Å². The largest absolute Gasteiger partial charge is 0.494 e. The Bertz CT molecular complexity index is 594. The van der Waals surface area contributed by atoms with Crippen LogP contribution in [-0.4, -0.2) is 13.2 Å². The minimum absolute atomic E-state index is 0.0225. The van der Waals surface area contributed by atoms with E-state index in [4.69, 9.17) is 15.2 Å². The van der Waals surface area contributed by atoms with Gasteiger partial charge in [-0.15, -0.1) is 0 Å². The van der Waals surface area contributed by atoms with Crippen molar-refractivity contribution in [1.29, 1.82) is 0 Å². The summed E-state index contributed by atoms with van der Waals surface area (Å²) in [7, 11) is 0. The van der Waals surface area contributed by atoms with E-state index in [-0.39, 0.29) is 6.04 Å². The van der Waals surface area contributed by atoms with Gasteiger partial charge in [-0.05, 0) is 42.7 Å². The fourth-order valence-corrected chi connectivity index (χ4v) is 2.93. The summed E-state index contributed by atoms with van der Waals surface area (Å²) in [5, 5.41) is 0. The molecule has 110 valence electrons. The predicted molar refractivity (Wildman–Crippen MR) is 83.8 cm³/mol. The van der Waals surface area contributed by atoms with Crippen LogP contribution in [0.3, 0.4) is 0 Å². The van der Waals surface area contributed by atoms with Crippen molar-refractivity contribution < 1.29 is 9.47 Å². The fraction of sp³-hybridized carbons (Fsp3) is 0.333. The van der Waals surface area contributed by atoms with Gasteiger partial charge in [0.25, 0.3) is 0 Å². The average Bonchev–Trinajstić information content (AvgIpc) is 2.55. The minimum atomic E-state index is -0.0225. The fourth-order valence-electron chi connectivity index (χ4n) is 2.93. The molecule has 0 amide bonds. The van der Waals surface area contributed by atoms with Crippen molar-refractivity contribution in [2.24, 2.45) is 5.73 Å². The van der Waals surface area contributed by atoms with Gasteiger partial charge in [0.05, 0.1) is 13.2 Å².